The minimum Gasteiger partial charge on any atom is -0.495 e. The van der Waals surface area contributed by atoms with Gasteiger partial charge >= 0.3 is 0 Å². The molecule has 0 aliphatic rings. The summed E-state index contributed by atoms with van der Waals surface area (Å²) in [7, 11) is -3.18. The molecule has 0 saturated carbocycles. The van der Waals surface area contributed by atoms with Crippen molar-refractivity contribution in [2.75, 3.05) is 7.11 Å². The number of benzene rings is 4. The Morgan fingerprint density at radius 3 is 1.86 bits per heavy atom. The summed E-state index contributed by atoms with van der Waals surface area (Å²) >= 11 is 12.8. The summed E-state index contributed by atoms with van der Waals surface area (Å²) in [6.45, 7) is 0. The lowest BCUT2D eigenvalue weighted by Gasteiger charge is -2.19. The lowest BCUT2D eigenvalue weighted by atomic mass is 9.93. The first-order valence-electron chi connectivity index (χ1n) is 8.27. The molecule has 0 bridgehead atoms. The van der Waals surface area contributed by atoms with E-state index in [9.17, 15) is 13.0 Å². The van der Waals surface area contributed by atoms with Crippen LogP contribution in [0, 0.1) is 0 Å². The van der Waals surface area contributed by atoms with Crippen molar-refractivity contribution in [1.82, 2.24) is 0 Å². The zero-order valence-corrected chi connectivity index (χ0v) is 16.9. The number of hydrogen-bond acceptors (Lipinski definition) is 3. The molecule has 0 atom stereocenters. The summed E-state index contributed by atoms with van der Waals surface area (Å²) < 4.78 is 40.2. The van der Waals surface area contributed by atoms with Crippen LogP contribution >= 0.6 is 23.2 Å². The SMILES string of the molecule is COc1c(Cl)cc2ccccc2c1-c1c(S(=O)(=O)O)c(Cl)cc2ccccc12. The minimum atomic E-state index is -4.64. The van der Waals surface area contributed by atoms with Crippen molar-refractivity contribution in [1.29, 1.82) is 0 Å². The summed E-state index contributed by atoms with van der Waals surface area (Å²) in [6, 6.07) is 17.9. The minimum absolute atomic E-state index is 0.0812. The Bertz CT molecular complexity index is 1350. The van der Waals surface area contributed by atoms with Crippen molar-refractivity contribution in [2.24, 2.45) is 0 Å². The van der Waals surface area contributed by atoms with E-state index in [1.165, 1.54) is 13.2 Å². The van der Waals surface area contributed by atoms with Gasteiger partial charge in [0.2, 0.25) is 0 Å². The Morgan fingerprint density at radius 2 is 1.32 bits per heavy atom. The number of fused-ring (bicyclic) bond motifs is 2. The molecule has 4 aromatic rings. The molecule has 28 heavy (non-hydrogen) atoms. The number of hydrogen-bond donors (Lipinski definition) is 1. The lowest BCUT2D eigenvalue weighted by molar-refractivity contribution is 0.417. The smallest absolute Gasteiger partial charge is 0.296 e. The molecule has 4 aromatic carbocycles. The van der Waals surface area contributed by atoms with E-state index in [0.29, 0.717) is 21.7 Å². The van der Waals surface area contributed by atoms with Gasteiger partial charge in [0, 0.05) is 11.1 Å². The van der Waals surface area contributed by atoms with Crippen molar-refractivity contribution in [2.45, 2.75) is 4.90 Å². The fourth-order valence-corrected chi connectivity index (χ4v) is 5.11. The molecule has 0 spiro atoms. The van der Waals surface area contributed by atoms with E-state index in [0.717, 1.165) is 16.2 Å². The molecule has 7 heteroatoms. The molecule has 4 nitrogen and oxygen atoms in total. The van der Waals surface area contributed by atoms with Crippen LogP contribution in [0.15, 0.2) is 65.6 Å². The summed E-state index contributed by atoms with van der Waals surface area (Å²) in [6.07, 6.45) is 0. The van der Waals surface area contributed by atoms with Crippen LogP contribution in [-0.2, 0) is 10.1 Å². The van der Waals surface area contributed by atoms with E-state index in [1.54, 1.807) is 18.2 Å². The number of halogens is 2. The summed E-state index contributed by atoms with van der Waals surface area (Å²) in [5.41, 5.74) is 0.707. The maximum atomic E-state index is 12.3. The maximum Gasteiger partial charge on any atom is 0.296 e. The largest absolute Gasteiger partial charge is 0.495 e. The van der Waals surface area contributed by atoms with Crippen LogP contribution < -0.4 is 4.74 Å². The molecule has 0 amide bonds. The Morgan fingerprint density at radius 1 is 0.821 bits per heavy atom. The van der Waals surface area contributed by atoms with Crippen LogP contribution in [0.4, 0.5) is 0 Å². The molecule has 142 valence electrons. The fraction of sp³-hybridized carbons (Fsp3) is 0.0476. The number of ether oxygens (including phenoxy) is 1. The van der Waals surface area contributed by atoms with Crippen molar-refractivity contribution < 1.29 is 17.7 Å². The van der Waals surface area contributed by atoms with E-state index >= 15 is 0 Å². The van der Waals surface area contributed by atoms with Gasteiger partial charge in [-0.15, -0.1) is 0 Å². The Balaban J connectivity index is 2.35. The fourth-order valence-electron chi connectivity index (χ4n) is 3.54. The van der Waals surface area contributed by atoms with Crippen LogP contribution in [0.3, 0.4) is 0 Å². The molecule has 4 rings (SSSR count). The third-order valence-electron chi connectivity index (χ3n) is 4.62. The third-order valence-corrected chi connectivity index (χ3v) is 6.26. The molecule has 0 aliphatic carbocycles. The Hall–Kier alpha value is -2.31. The average molecular weight is 433 g/mol. The summed E-state index contributed by atoms with van der Waals surface area (Å²) in [5, 5.41) is 3.09. The van der Waals surface area contributed by atoms with Crippen molar-refractivity contribution in [3.63, 3.8) is 0 Å². The van der Waals surface area contributed by atoms with Gasteiger partial charge in [-0.1, -0.05) is 71.7 Å². The Kier molecular flexibility index (Phi) is 4.71. The normalized spacial score (nSPS) is 11.9. The van der Waals surface area contributed by atoms with Gasteiger partial charge in [0.05, 0.1) is 17.2 Å². The highest BCUT2D eigenvalue weighted by Gasteiger charge is 2.27. The van der Waals surface area contributed by atoms with Crippen molar-refractivity contribution >= 4 is 54.9 Å². The van der Waals surface area contributed by atoms with E-state index in [1.807, 2.05) is 36.4 Å². The first kappa shape index (κ1) is 19.0. The molecular weight excluding hydrogens is 419 g/mol. The quantitative estimate of drug-likeness (QED) is 0.390. The highest BCUT2D eigenvalue weighted by Crippen LogP contribution is 2.48. The maximum absolute atomic E-state index is 12.3. The standard InChI is InChI=1S/C21H14Cl2O4S/c1-27-20-16(22)10-12-6-2-4-8-14(12)18(20)19-15-9-5-3-7-13(15)11-17(23)21(19)28(24,25)26/h2-11H,1H3,(H,24,25,26). The van der Waals surface area contributed by atoms with Crippen molar-refractivity contribution in [3.8, 4) is 16.9 Å². The first-order chi connectivity index (χ1) is 13.3. The van der Waals surface area contributed by atoms with Gasteiger partial charge in [0.1, 0.15) is 10.6 Å². The van der Waals surface area contributed by atoms with Crippen LogP contribution in [0.2, 0.25) is 10.0 Å². The molecule has 0 saturated heterocycles. The molecule has 0 radical (unpaired) electrons. The van der Waals surface area contributed by atoms with Crippen molar-refractivity contribution in [3.05, 3.63) is 70.7 Å². The van der Waals surface area contributed by atoms with E-state index in [2.05, 4.69) is 0 Å². The highest BCUT2D eigenvalue weighted by atomic mass is 35.5. The molecule has 1 N–H and O–H groups in total. The van der Waals surface area contributed by atoms with Gasteiger partial charge < -0.3 is 4.74 Å². The Labute approximate surface area is 172 Å². The number of methoxy groups -OCH3 is 1. The summed E-state index contributed by atoms with van der Waals surface area (Å²) in [4.78, 5) is -0.376. The van der Waals surface area contributed by atoms with Gasteiger partial charge in [0.15, 0.2) is 0 Å². The molecule has 0 aromatic heterocycles. The van der Waals surface area contributed by atoms with Gasteiger partial charge in [-0.3, -0.25) is 4.55 Å². The van der Waals surface area contributed by atoms with Gasteiger partial charge in [-0.05, 0) is 33.7 Å². The van der Waals surface area contributed by atoms with Crippen LogP contribution in [0.5, 0.6) is 5.75 Å². The summed E-state index contributed by atoms with van der Waals surface area (Å²) in [5.74, 6) is 0.303. The second-order valence-corrected chi connectivity index (χ2v) is 8.42. The lowest BCUT2D eigenvalue weighted by Crippen LogP contribution is -2.04. The highest BCUT2D eigenvalue weighted by molar-refractivity contribution is 7.86. The van der Waals surface area contributed by atoms with Crippen LogP contribution in [-0.4, -0.2) is 20.1 Å². The molecule has 0 heterocycles. The topological polar surface area (TPSA) is 63.6 Å². The molecule has 0 unspecified atom stereocenters. The predicted molar refractivity (Wildman–Crippen MR) is 113 cm³/mol. The second kappa shape index (κ2) is 6.94. The van der Waals surface area contributed by atoms with Gasteiger partial charge in [-0.2, -0.15) is 8.42 Å². The van der Waals surface area contributed by atoms with Crippen LogP contribution in [0.25, 0.3) is 32.7 Å². The van der Waals surface area contributed by atoms with Crippen LogP contribution in [0.1, 0.15) is 0 Å². The zero-order valence-electron chi connectivity index (χ0n) is 14.6. The van der Waals surface area contributed by atoms with E-state index in [4.69, 9.17) is 27.9 Å². The third kappa shape index (κ3) is 3.01. The van der Waals surface area contributed by atoms with Gasteiger partial charge in [0.25, 0.3) is 10.1 Å². The number of rotatable bonds is 3. The molecular formula is C21H14Cl2O4S. The predicted octanol–water partition coefficient (Wildman–Crippen LogP) is 6.22. The monoisotopic (exact) mass is 432 g/mol. The molecule has 0 aliphatic heterocycles. The second-order valence-electron chi connectivity index (χ2n) is 6.25. The molecule has 0 fully saturated rings. The van der Waals surface area contributed by atoms with Gasteiger partial charge in [-0.25, -0.2) is 0 Å². The van der Waals surface area contributed by atoms with E-state index in [-0.39, 0.29) is 15.5 Å². The zero-order chi connectivity index (χ0) is 20.1. The van der Waals surface area contributed by atoms with E-state index < -0.39 is 10.1 Å². The average Bonchev–Trinajstić information content (AvgIpc) is 2.65. The first-order valence-corrected chi connectivity index (χ1v) is 10.5.